The van der Waals surface area contributed by atoms with Crippen molar-refractivity contribution in [3.05, 3.63) is 176 Å². The van der Waals surface area contributed by atoms with Crippen LogP contribution in [-0.4, -0.2) is 133 Å². The minimum Gasteiger partial charge on any atom is -0.497 e. The number of thioether (sulfide) groups is 1. The van der Waals surface area contributed by atoms with Crippen molar-refractivity contribution in [2.75, 3.05) is 85.2 Å². The molecule has 0 atom stereocenters. The number of fused-ring (bicyclic) bond motifs is 6. The van der Waals surface area contributed by atoms with Crippen LogP contribution in [0.5, 0.6) is 40.4 Å². The molecule has 0 unspecified atom stereocenters. The van der Waals surface area contributed by atoms with Gasteiger partial charge in [-0.1, -0.05) is 0 Å². The van der Waals surface area contributed by atoms with Crippen LogP contribution in [0.15, 0.2) is 180 Å². The van der Waals surface area contributed by atoms with E-state index >= 15 is 0 Å². The van der Waals surface area contributed by atoms with Gasteiger partial charge in [0.05, 0.1) is 103 Å². The Kier molecular flexibility index (Phi) is 21.8. The van der Waals surface area contributed by atoms with Crippen LogP contribution in [-0.2, 0) is 9.84 Å². The molecule has 17 rings (SSSR count). The Hall–Kier alpha value is -10.3. The highest BCUT2D eigenvalue weighted by Gasteiger charge is 2.20. The topological polar surface area (TPSA) is 243 Å². The first-order chi connectivity index (χ1) is 49.6. The van der Waals surface area contributed by atoms with Crippen molar-refractivity contribution in [3.8, 4) is 93.5 Å². The molecule has 2 aliphatic rings. The number of aromatic nitrogens is 10. The summed E-state index contributed by atoms with van der Waals surface area (Å²) in [6, 6.07) is 43.9. The molecule has 1 saturated heterocycles. The Labute approximate surface area is 610 Å². The average molecular weight is 1500 g/mol. The smallest absolute Gasteiger partial charge is 0.250 e. The summed E-state index contributed by atoms with van der Waals surface area (Å²) in [5, 5.41) is 7.35. The molecule has 102 heavy (non-hydrogen) atoms. The van der Waals surface area contributed by atoms with E-state index in [2.05, 4.69) is 73.3 Å². The summed E-state index contributed by atoms with van der Waals surface area (Å²) in [6.07, 6.45) is 14.3. The van der Waals surface area contributed by atoms with Crippen LogP contribution in [0, 0.1) is 5.82 Å². The van der Waals surface area contributed by atoms with Gasteiger partial charge in [0.15, 0.2) is 27.2 Å². The third-order valence-electron chi connectivity index (χ3n) is 15.8. The van der Waals surface area contributed by atoms with Crippen LogP contribution >= 0.6 is 68.4 Å². The van der Waals surface area contributed by atoms with Gasteiger partial charge in [0.2, 0.25) is 12.7 Å². The zero-order chi connectivity index (χ0) is 70.9. The number of sulfone groups is 1. The van der Waals surface area contributed by atoms with E-state index in [9.17, 15) is 12.8 Å². The van der Waals surface area contributed by atoms with Gasteiger partial charge in [0.1, 0.15) is 59.7 Å². The highest BCUT2D eigenvalue weighted by molar-refractivity contribution is 7.98. The van der Waals surface area contributed by atoms with Crippen LogP contribution in [0.1, 0.15) is 12.8 Å². The molecule has 0 radical (unpaired) electrons. The van der Waals surface area contributed by atoms with E-state index in [1.165, 1.54) is 54.9 Å². The molecular formula is C73H63FN12O9S7. The van der Waals surface area contributed by atoms with Crippen molar-refractivity contribution in [2.45, 2.75) is 22.6 Å². The fourth-order valence-corrected chi connectivity index (χ4v) is 16.2. The average Bonchev–Trinajstić information content (AvgIpc) is 1.68. The molecule has 2 aliphatic heterocycles. The van der Waals surface area contributed by atoms with E-state index in [0.29, 0.717) is 16.3 Å². The van der Waals surface area contributed by atoms with E-state index in [1.54, 1.807) is 92.5 Å². The highest BCUT2D eigenvalue weighted by Crippen LogP contribution is 2.41. The largest absolute Gasteiger partial charge is 0.497 e. The number of methoxy groups -OCH3 is 5. The summed E-state index contributed by atoms with van der Waals surface area (Å²) in [5.74, 6) is 6.22. The standard InChI is InChI=1S/C17H17N3OS.C14H11FN2O2S.C14H11N3O2S.C14H12N2O3S2.C14H12N2OS2/c1-21-13-5-6-14-15(10-13)22-17(19-14)12-4-7-16(18-11-12)20-8-2-3-9-20;1-18-9-3-4-11-12(6-9)20-14(17-11)8-5-10(15)13(19-2)16-7-8;1-15-13-3-2-8(6-16-13)14-17-9-4-10-11(19-7-18-10)5-12(9)20-14;1-19-9-3-5-11-13(7-9)20-14(16-11)12-6-4-10(8-15-12)21(2,17)18;1-17-9-3-5-11-13(7-9)19-14(16-11)12-6-4-10(18-2)8-15-12/h4-7,10-11H,2-3,8-9H2,1H3;3-7H,1-2H3;2-6H,7H2,1H3,(H,15,16);3-8H,1-2H3;3-8H,1-2H3. The quantitative estimate of drug-likeness (QED) is 0.0995. The number of hydrogen-bond acceptors (Lipinski definition) is 27. The first-order valence-electron chi connectivity index (χ1n) is 31.4. The lowest BCUT2D eigenvalue weighted by Crippen LogP contribution is -2.18. The van der Waals surface area contributed by atoms with Gasteiger partial charge in [0.25, 0.3) is 0 Å². The third-order valence-corrected chi connectivity index (χ3v) is 22.9. The molecule has 10 aromatic heterocycles. The van der Waals surface area contributed by atoms with Crippen molar-refractivity contribution in [3.63, 3.8) is 0 Å². The molecule has 0 saturated carbocycles. The van der Waals surface area contributed by atoms with E-state index in [-0.39, 0.29) is 17.6 Å². The van der Waals surface area contributed by atoms with Crippen molar-refractivity contribution in [1.29, 1.82) is 0 Å². The Morgan fingerprint density at radius 2 is 0.931 bits per heavy atom. The Balaban J connectivity index is 0.000000114. The molecule has 0 aliphatic carbocycles. The Morgan fingerprint density at radius 1 is 0.471 bits per heavy atom. The highest BCUT2D eigenvalue weighted by atomic mass is 32.2. The van der Waals surface area contributed by atoms with Crippen LogP contribution in [0.25, 0.3) is 104 Å². The number of rotatable bonds is 14. The molecule has 5 aromatic carbocycles. The van der Waals surface area contributed by atoms with Gasteiger partial charge < -0.3 is 43.4 Å². The van der Waals surface area contributed by atoms with Gasteiger partial charge >= 0.3 is 0 Å². The SMILES string of the molecule is CNc1ccc(-c2nc3cc4c(cc3s2)OCO4)cn1.COc1ccc2nc(-c3ccc(N4CCCC4)nc3)sc2c1.COc1ccc2nc(-c3ccc(S(C)(=O)=O)cn3)sc2c1.COc1ccc2nc(-c3ccc(SC)cn3)sc2c1.COc1ccc2nc(-c3cnc(OC)c(F)c3)sc2c1. The van der Waals surface area contributed by atoms with E-state index < -0.39 is 15.7 Å². The second-order valence-corrected chi connectivity index (χ2v) is 30.4. The van der Waals surface area contributed by atoms with Crippen molar-refractivity contribution >= 4 is 141 Å². The Morgan fingerprint density at radius 3 is 1.36 bits per heavy atom. The van der Waals surface area contributed by atoms with E-state index in [1.807, 2.05) is 135 Å². The predicted octanol–water partition coefficient (Wildman–Crippen LogP) is 17.5. The predicted molar refractivity (Wildman–Crippen MR) is 409 cm³/mol. The number of thiazole rings is 5. The fraction of sp³-hybridized carbons (Fsp3) is 0.178. The lowest BCUT2D eigenvalue weighted by molar-refractivity contribution is 0.174. The third kappa shape index (κ3) is 16.4. The molecule has 1 N–H and O–H groups in total. The summed E-state index contributed by atoms with van der Waals surface area (Å²) in [7, 11) is 6.59. The zero-order valence-electron chi connectivity index (χ0n) is 56.0. The molecule has 518 valence electrons. The molecule has 12 heterocycles. The molecule has 0 amide bonds. The second kappa shape index (κ2) is 31.7. The minimum atomic E-state index is -3.23. The number of nitrogens with one attached hydrogen (secondary N) is 1. The second-order valence-electron chi connectivity index (χ2n) is 22.3. The normalized spacial score (nSPS) is 12.2. The number of ether oxygens (including phenoxy) is 7. The monoisotopic (exact) mass is 1490 g/mol. The van der Waals surface area contributed by atoms with Crippen molar-refractivity contribution in [1.82, 2.24) is 49.8 Å². The summed E-state index contributed by atoms with van der Waals surface area (Å²) in [5.41, 5.74) is 8.90. The number of nitrogens with zero attached hydrogens (tertiary/aromatic N) is 11. The molecule has 15 aromatic rings. The number of pyridine rings is 5. The van der Waals surface area contributed by atoms with Crippen LogP contribution in [0.2, 0.25) is 0 Å². The van der Waals surface area contributed by atoms with Crippen LogP contribution in [0.4, 0.5) is 16.0 Å². The maximum absolute atomic E-state index is 13.7. The molecule has 0 spiro atoms. The molecular weight excluding hydrogens is 1430 g/mol. The maximum atomic E-state index is 13.7. The van der Waals surface area contributed by atoms with Crippen molar-refractivity contribution < 1.29 is 46.0 Å². The van der Waals surface area contributed by atoms with Gasteiger partial charge in [-0.3, -0.25) is 9.97 Å². The van der Waals surface area contributed by atoms with Crippen LogP contribution in [0.3, 0.4) is 0 Å². The summed E-state index contributed by atoms with van der Waals surface area (Å²) in [4.78, 5) is 48.1. The molecule has 0 bridgehead atoms. The fourth-order valence-electron chi connectivity index (χ4n) is 10.4. The first-order valence-corrected chi connectivity index (χ1v) is 38.6. The van der Waals surface area contributed by atoms with Gasteiger partial charge in [-0.05, 0) is 146 Å². The molecule has 21 nitrogen and oxygen atoms in total. The van der Waals surface area contributed by atoms with Crippen molar-refractivity contribution in [2.24, 2.45) is 0 Å². The molecule has 29 heteroatoms. The van der Waals surface area contributed by atoms with Gasteiger partial charge in [0, 0.05) is 91.1 Å². The summed E-state index contributed by atoms with van der Waals surface area (Å²) < 4.78 is 78.3. The summed E-state index contributed by atoms with van der Waals surface area (Å²) >= 11 is 9.57. The van der Waals surface area contributed by atoms with Gasteiger partial charge in [-0.25, -0.2) is 52.7 Å². The number of hydrogen-bond donors (Lipinski definition) is 1. The number of benzene rings is 5. The Bertz CT molecular complexity index is 5500. The van der Waals surface area contributed by atoms with Gasteiger partial charge in [-0.15, -0.1) is 68.4 Å². The van der Waals surface area contributed by atoms with Crippen LogP contribution < -0.4 is 43.4 Å². The summed E-state index contributed by atoms with van der Waals surface area (Å²) in [6.45, 7) is 2.52. The molecule has 1 fully saturated rings. The maximum Gasteiger partial charge on any atom is 0.250 e. The van der Waals surface area contributed by atoms with E-state index in [0.717, 1.165) is 158 Å². The lowest BCUT2D eigenvalue weighted by atomic mass is 10.3. The minimum absolute atomic E-state index is 0.0171. The number of halogens is 1. The lowest BCUT2D eigenvalue weighted by Gasteiger charge is -2.15. The zero-order valence-corrected chi connectivity index (χ0v) is 61.7. The van der Waals surface area contributed by atoms with E-state index in [4.69, 9.17) is 38.1 Å². The van der Waals surface area contributed by atoms with Gasteiger partial charge in [-0.2, -0.15) is 0 Å². The first kappa shape index (κ1) is 70.2. The number of anilines is 2.